The van der Waals surface area contributed by atoms with Gasteiger partial charge in [0, 0.05) is 47.5 Å². The molecule has 6 atom stereocenters. The summed E-state index contributed by atoms with van der Waals surface area (Å²) in [6.07, 6.45) is 0.875. The first-order valence-corrected chi connectivity index (χ1v) is 13.4. The molecule has 2 heterocycles. The summed E-state index contributed by atoms with van der Waals surface area (Å²) in [4.78, 5) is 27.9. The summed E-state index contributed by atoms with van der Waals surface area (Å²) < 4.78 is 44.9. The monoisotopic (exact) mass is 517 g/mol. The quantitative estimate of drug-likeness (QED) is 0.523. The first-order chi connectivity index (χ1) is 17.3. The van der Waals surface area contributed by atoms with Crippen molar-refractivity contribution in [1.29, 1.82) is 0 Å². The molecule has 10 heteroatoms. The van der Waals surface area contributed by atoms with E-state index in [2.05, 4.69) is 17.6 Å². The average Bonchev–Trinajstić information content (AvgIpc) is 3.76. The summed E-state index contributed by atoms with van der Waals surface area (Å²) in [6.45, 7) is 4.14. The predicted molar refractivity (Wildman–Crippen MR) is 131 cm³/mol. The topological polar surface area (TPSA) is 87.7 Å². The van der Waals surface area contributed by atoms with Crippen LogP contribution >= 0.6 is 0 Å². The fourth-order valence-corrected chi connectivity index (χ4v) is 6.55. The van der Waals surface area contributed by atoms with E-state index in [1.165, 1.54) is 36.4 Å². The maximum atomic E-state index is 13.4. The maximum absolute atomic E-state index is 13.4. The molecular formula is C26H29F2N3O4S. The number of morpholine rings is 1. The minimum atomic E-state index is -1.30. The third-order valence-electron chi connectivity index (χ3n) is 7.38. The Bertz CT molecular complexity index is 1160. The first kappa shape index (κ1) is 25.0. The number of benzene rings is 2. The first-order valence-electron chi connectivity index (χ1n) is 12.1. The zero-order chi connectivity index (χ0) is 25.4. The molecule has 2 saturated heterocycles. The Kier molecular flexibility index (Phi) is 6.93. The van der Waals surface area contributed by atoms with Crippen LogP contribution in [0.4, 0.5) is 8.78 Å². The van der Waals surface area contributed by atoms with Crippen molar-refractivity contribution in [2.75, 3.05) is 32.8 Å². The Morgan fingerprint density at radius 3 is 2.33 bits per heavy atom. The van der Waals surface area contributed by atoms with E-state index in [4.69, 9.17) is 4.74 Å². The minimum Gasteiger partial charge on any atom is -0.378 e. The van der Waals surface area contributed by atoms with Crippen LogP contribution < -0.4 is 10.6 Å². The van der Waals surface area contributed by atoms with Crippen LogP contribution in [0.3, 0.4) is 0 Å². The SMILES string of the molecule is C[C@@]1(NC[C@H]2C([C@H](NC(=O)c3ccc(F)cc3)C(=O)N3CCOCC3)S2=O)C[C@H]1c1ccc(F)cc1. The second-order valence-electron chi connectivity index (χ2n) is 9.83. The lowest BCUT2D eigenvalue weighted by atomic mass is 10.1. The van der Waals surface area contributed by atoms with Gasteiger partial charge in [-0.15, -0.1) is 0 Å². The van der Waals surface area contributed by atoms with Gasteiger partial charge < -0.3 is 20.3 Å². The molecule has 7 nitrogen and oxygen atoms in total. The lowest BCUT2D eigenvalue weighted by molar-refractivity contribution is -0.137. The van der Waals surface area contributed by atoms with Crippen LogP contribution in [0, 0.1) is 11.6 Å². The number of ether oxygens (including phenoxy) is 1. The zero-order valence-corrected chi connectivity index (χ0v) is 20.7. The van der Waals surface area contributed by atoms with Gasteiger partial charge in [0.2, 0.25) is 5.91 Å². The fraction of sp³-hybridized carbons (Fsp3) is 0.462. The summed E-state index contributed by atoms with van der Waals surface area (Å²) in [5.74, 6) is -1.30. The number of carbonyl (C=O) groups is 2. The lowest BCUT2D eigenvalue weighted by Crippen LogP contribution is -2.54. The number of amides is 2. The molecule has 0 radical (unpaired) electrons. The summed E-state index contributed by atoms with van der Waals surface area (Å²) in [6, 6.07) is 10.6. The van der Waals surface area contributed by atoms with Crippen LogP contribution in [0.25, 0.3) is 0 Å². The van der Waals surface area contributed by atoms with Crippen LogP contribution in [-0.4, -0.2) is 75.9 Å². The van der Waals surface area contributed by atoms with E-state index >= 15 is 0 Å². The highest BCUT2D eigenvalue weighted by atomic mass is 32.2. The average molecular weight is 518 g/mol. The Labute approximate surface area is 211 Å². The molecule has 3 aliphatic rings. The van der Waals surface area contributed by atoms with Gasteiger partial charge in [-0.1, -0.05) is 12.1 Å². The molecule has 3 fully saturated rings. The van der Waals surface area contributed by atoms with Crippen molar-refractivity contribution in [1.82, 2.24) is 15.5 Å². The van der Waals surface area contributed by atoms with Crippen molar-refractivity contribution in [2.24, 2.45) is 0 Å². The van der Waals surface area contributed by atoms with Crippen LogP contribution in [0.5, 0.6) is 0 Å². The summed E-state index contributed by atoms with van der Waals surface area (Å²) in [5.41, 5.74) is 1.08. The molecule has 0 bridgehead atoms. The Hall–Kier alpha value is -2.69. The molecule has 2 unspecified atom stereocenters. The van der Waals surface area contributed by atoms with Gasteiger partial charge in [-0.25, -0.2) is 8.78 Å². The number of hydrogen-bond acceptors (Lipinski definition) is 5. The molecule has 5 rings (SSSR count). The van der Waals surface area contributed by atoms with Crippen LogP contribution in [0.15, 0.2) is 48.5 Å². The number of halogens is 2. The van der Waals surface area contributed by atoms with Gasteiger partial charge in [-0.05, 0) is 55.3 Å². The van der Waals surface area contributed by atoms with Crippen LogP contribution in [-0.2, 0) is 20.3 Å². The Balaban J connectivity index is 1.26. The highest BCUT2D eigenvalue weighted by molar-refractivity contribution is 7.94. The molecule has 0 aromatic heterocycles. The molecule has 2 aromatic rings. The number of carbonyl (C=O) groups excluding carboxylic acids is 2. The van der Waals surface area contributed by atoms with Crippen molar-refractivity contribution >= 4 is 22.6 Å². The van der Waals surface area contributed by atoms with Crippen molar-refractivity contribution in [3.05, 3.63) is 71.3 Å². The molecule has 1 aliphatic carbocycles. The molecule has 0 spiro atoms. The van der Waals surface area contributed by atoms with E-state index in [9.17, 15) is 22.6 Å². The van der Waals surface area contributed by atoms with Crippen LogP contribution in [0.2, 0.25) is 0 Å². The molecule has 36 heavy (non-hydrogen) atoms. The minimum absolute atomic E-state index is 0.198. The second-order valence-corrected chi connectivity index (χ2v) is 11.6. The summed E-state index contributed by atoms with van der Waals surface area (Å²) in [7, 11) is -1.30. The molecule has 1 saturated carbocycles. The van der Waals surface area contributed by atoms with Gasteiger partial charge in [-0.3, -0.25) is 13.8 Å². The number of rotatable bonds is 8. The number of nitrogens with zero attached hydrogens (tertiary/aromatic N) is 1. The van der Waals surface area contributed by atoms with Gasteiger partial charge in [0.1, 0.15) is 17.7 Å². The number of nitrogens with one attached hydrogen (secondary N) is 2. The van der Waals surface area contributed by atoms with Gasteiger partial charge >= 0.3 is 0 Å². The maximum Gasteiger partial charge on any atom is 0.251 e. The van der Waals surface area contributed by atoms with E-state index in [-0.39, 0.29) is 34.0 Å². The number of hydrogen-bond donors (Lipinski definition) is 2. The van der Waals surface area contributed by atoms with Crippen molar-refractivity contribution in [3.8, 4) is 0 Å². The molecule has 2 amide bonds. The van der Waals surface area contributed by atoms with E-state index in [1.54, 1.807) is 17.0 Å². The van der Waals surface area contributed by atoms with E-state index in [0.29, 0.717) is 32.8 Å². The van der Waals surface area contributed by atoms with Gasteiger partial charge in [0.15, 0.2) is 0 Å². The molecule has 192 valence electrons. The van der Waals surface area contributed by atoms with Crippen LogP contribution in [0.1, 0.15) is 35.2 Å². The van der Waals surface area contributed by atoms with E-state index in [0.717, 1.165) is 12.0 Å². The van der Waals surface area contributed by atoms with E-state index in [1.807, 2.05) is 0 Å². The Morgan fingerprint density at radius 2 is 1.69 bits per heavy atom. The van der Waals surface area contributed by atoms with Crippen molar-refractivity contribution in [2.45, 2.75) is 41.3 Å². The third kappa shape index (κ3) is 5.21. The van der Waals surface area contributed by atoms with Crippen molar-refractivity contribution < 1.29 is 27.3 Å². The largest absolute Gasteiger partial charge is 0.378 e. The summed E-state index contributed by atoms with van der Waals surface area (Å²) >= 11 is 0. The second kappa shape index (κ2) is 9.99. The lowest BCUT2D eigenvalue weighted by Gasteiger charge is -2.30. The highest BCUT2D eigenvalue weighted by Gasteiger charge is 2.58. The van der Waals surface area contributed by atoms with Gasteiger partial charge in [0.05, 0.1) is 23.7 Å². The smallest absolute Gasteiger partial charge is 0.251 e. The zero-order valence-electron chi connectivity index (χ0n) is 19.9. The normalized spacial score (nSPS) is 29.9. The fourth-order valence-electron chi connectivity index (χ4n) is 4.96. The Morgan fingerprint density at radius 1 is 1.08 bits per heavy atom. The van der Waals surface area contributed by atoms with Gasteiger partial charge in [-0.2, -0.15) is 0 Å². The molecule has 2 aliphatic heterocycles. The molecule has 2 N–H and O–H groups in total. The van der Waals surface area contributed by atoms with Crippen molar-refractivity contribution in [3.63, 3.8) is 0 Å². The van der Waals surface area contributed by atoms with E-state index < -0.39 is 33.8 Å². The van der Waals surface area contributed by atoms with Gasteiger partial charge in [0.25, 0.3) is 5.91 Å². The highest BCUT2D eigenvalue weighted by Crippen LogP contribution is 2.51. The standard InChI is InChI=1S/C26H29F2N3O4S/c1-26(14-20(26)16-2-6-18(27)7-3-16)29-15-21-23(36(21)34)22(25(33)31-10-12-35-13-11-31)30-24(32)17-4-8-19(28)9-5-17/h2-9,20-23,29H,10-15H2,1H3,(H,30,32)/t20-,21-,22-,23?,26+,36?/m0/s1. The predicted octanol–water partition coefficient (Wildman–Crippen LogP) is 1.96. The summed E-state index contributed by atoms with van der Waals surface area (Å²) in [5, 5.41) is 5.46. The third-order valence-corrected chi connectivity index (χ3v) is 9.26. The molecule has 2 aromatic carbocycles. The molecular weight excluding hydrogens is 488 g/mol.